The molecule has 0 radical (unpaired) electrons. The average molecular weight is 513 g/mol. The molecule has 2 unspecified atom stereocenters. The van der Waals surface area contributed by atoms with Gasteiger partial charge in [0, 0.05) is 0 Å². The topological polar surface area (TPSA) is 199 Å². The fraction of sp³-hybridized carbons (Fsp3) is 0.917. The number of hydrogen-bond acceptors (Lipinski definition) is 6. The fourth-order valence-electron chi connectivity index (χ4n) is 4.41. The molecule has 0 amide bonds. The zero-order valence-corrected chi connectivity index (χ0v) is 22.4. The van der Waals surface area contributed by atoms with E-state index in [1.54, 1.807) is 0 Å². The van der Waals surface area contributed by atoms with Gasteiger partial charge in [-0.1, -0.05) is 117 Å². The first-order chi connectivity index (χ1) is 15.1. The number of hydrogen-bond donors (Lipinski definition) is 5. The second kappa shape index (κ2) is 21.1. The molecule has 2 atom stereocenters. The van der Waals surface area contributed by atoms with E-state index in [-0.39, 0.29) is 31.6 Å². The molecule has 0 saturated carbocycles. The van der Waals surface area contributed by atoms with E-state index < -0.39 is 32.7 Å². The molecule has 0 aromatic rings. The van der Waals surface area contributed by atoms with Crippen LogP contribution in [0.1, 0.15) is 129 Å². The number of carboxylic acids is 2. The number of unbranched alkanes of at least 4 members (excludes halogenated alkanes) is 14. The van der Waals surface area contributed by atoms with Crippen molar-refractivity contribution in [2.45, 2.75) is 134 Å². The van der Waals surface area contributed by atoms with Crippen molar-refractivity contribution >= 4 is 22.1 Å². The average Bonchev–Trinajstić information content (AvgIpc) is 2.71. The summed E-state index contributed by atoms with van der Waals surface area (Å²) >= 11 is 0. The zero-order chi connectivity index (χ0) is 24.5. The maximum atomic E-state index is 12.2. The molecule has 0 saturated heterocycles. The molecule has 0 heterocycles. The molecule has 0 fully saturated rings. The Kier molecular flexibility index (Phi) is 23.1. The molecule has 0 aromatic carbocycles. The van der Waals surface area contributed by atoms with Crippen LogP contribution in [0.4, 0.5) is 0 Å². The Morgan fingerprint density at radius 2 is 1.03 bits per heavy atom. The van der Waals surface area contributed by atoms with E-state index in [0.717, 1.165) is 70.6 Å². The number of carbonyl (C=O) groups is 2. The van der Waals surface area contributed by atoms with Gasteiger partial charge < -0.3 is 22.5 Å². The van der Waals surface area contributed by atoms with Gasteiger partial charge in [0.25, 0.3) is 10.1 Å². The SMILES string of the molecule is CCCCCCCCCCC(C(=O)O)C(CCCCCCCCCC)(C(=O)O)S(=O)(=O)O.N.N. The molecule has 0 aromatic heterocycles. The van der Waals surface area contributed by atoms with Gasteiger partial charge in [-0.3, -0.25) is 14.1 Å². The molecule has 0 aliphatic rings. The van der Waals surface area contributed by atoms with Crippen molar-refractivity contribution < 1.29 is 32.8 Å². The van der Waals surface area contributed by atoms with Crippen molar-refractivity contribution in [2.24, 2.45) is 5.92 Å². The van der Waals surface area contributed by atoms with Gasteiger partial charge in [-0.15, -0.1) is 0 Å². The summed E-state index contributed by atoms with van der Waals surface area (Å²) < 4.78 is 31.6. The van der Waals surface area contributed by atoms with Crippen molar-refractivity contribution in [3.05, 3.63) is 0 Å². The molecule has 0 rings (SSSR count). The molecule has 10 heteroatoms. The predicted octanol–water partition coefficient (Wildman–Crippen LogP) is 6.78. The smallest absolute Gasteiger partial charge is 0.328 e. The summed E-state index contributed by atoms with van der Waals surface area (Å²) in [6.45, 7) is 4.27. The van der Waals surface area contributed by atoms with Crippen molar-refractivity contribution in [1.29, 1.82) is 0 Å². The predicted molar refractivity (Wildman–Crippen MR) is 138 cm³/mol. The van der Waals surface area contributed by atoms with Crippen molar-refractivity contribution in [1.82, 2.24) is 12.3 Å². The van der Waals surface area contributed by atoms with Crippen LogP contribution in [0.25, 0.3) is 0 Å². The third-order valence-electron chi connectivity index (χ3n) is 6.43. The minimum absolute atomic E-state index is 0. The summed E-state index contributed by atoms with van der Waals surface area (Å²) in [5.74, 6) is -4.91. The molecule has 0 bridgehead atoms. The Morgan fingerprint density at radius 3 is 1.35 bits per heavy atom. The quantitative estimate of drug-likeness (QED) is 0.0765. The lowest BCUT2D eigenvalue weighted by Gasteiger charge is -2.32. The largest absolute Gasteiger partial charge is 0.481 e. The highest BCUT2D eigenvalue weighted by Gasteiger charge is 2.58. The van der Waals surface area contributed by atoms with Crippen molar-refractivity contribution in [3.8, 4) is 0 Å². The van der Waals surface area contributed by atoms with Gasteiger partial charge in [-0.05, 0) is 12.8 Å². The molecular formula is C24H52N2O7S. The van der Waals surface area contributed by atoms with Gasteiger partial charge in [-0.25, -0.2) is 0 Å². The summed E-state index contributed by atoms with van der Waals surface area (Å²) in [7, 11) is -5.11. The lowest BCUT2D eigenvalue weighted by molar-refractivity contribution is -0.152. The summed E-state index contributed by atoms with van der Waals surface area (Å²) in [6.07, 6.45) is 14.4. The highest BCUT2D eigenvalue weighted by molar-refractivity contribution is 7.88. The minimum atomic E-state index is -5.11. The summed E-state index contributed by atoms with van der Waals surface area (Å²) in [6, 6.07) is 0. The van der Waals surface area contributed by atoms with Crippen LogP contribution >= 0.6 is 0 Å². The van der Waals surface area contributed by atoms with Gasteiger partial charge in [0.1, 0.15) is 0 Å². The Hall–Kier alpha value is -1.23. The van der Waals surface area contributed by atoms with Crippen LogP contribution in [0.5, 0.6) is 0 Å². The van der Waals surface area contributed by atoms with E-state index in [4.69, 9.17) is 0 Å². The first-order valence-corrected chi connectivity index (χ1v) is 14.0. The van der Waals surface area contributed by atoms with E-state index in [9.17, 15) is 32.8 Å². The first kappa shape index (κ1) is 37.3. The summed E-state index contributed by atoms with van der Waals surface area (Å²) in [5.41, 5.74) is 0. The normalized spacial score (nSPS) is 13.9. The van der Waals surface area contributed by atoms with E-state index >= 15 is 0 Å². The van der Waals surface area contributed by atoms with E-state index in [1.165, 1.54) is 12.8 Å². The van der Waals surface area contributed by atoms with E-state index in [1.807, 2.05) is 0 Å². The second-order valence-corrected chi connectivity index (χ2v) is 10.7. The van der Waals surface area contributed by atoms with Gasteiger partial charge >= 0.3 is 11.9 Å². The second-order valence-electron chi connectivity index (χ2n) is 9.05. The van der Waals surface area contributed by atoms with E-state index in [2.05, 4.69) is 13.8 Å². The molecule has 0 aliphatic heterocycles. The van der Waals surface area contributed by atoms with Crippen LogP contribution in [0.3, 0.4) is 0 Å². The molecule has 0 spiro atoms. The Morgan fingerprint density at radius 1 is 0.676 bits per heavy atom. The monoisotopic (exact) mass is 512 g/mol. The number of carboxylic acid groups (broad SMARTS) is 2. The maximum Gasteiger partial charge on any atom is 0.328 e. The molecule has 0 aliphatic carbocycles. The maximum absolute atomic E-state index is 12.2. The van der Waals surface area contributed by atoms with Crippen molar-refractivity contribution in [3.63, 3.8) is 0 Å². The van der Waals surface area contributed by atoms with Gasteiger partial charge in [0.2, 0.25) is 4.75 Å². The van der Waals surface area contributed by atoms with Gasteiger partial charge in [0.05, 0.1) is 5.92 Å². The van der Waals surface area contributed by atoms with Crippen LogP contribution < -0.4 is 12.3 Å². The molecule has 9 N–H and O–H groups in total. The van der Waals surface area contributed by atoms with Crippen molar-refractivity contribution in [2.75, 3.05) is 0 Å². The Labute approximate surface area is 207 Å². The first-order valence-electron chi connectivity index (χ1n) is 12.6. The lowest BCUT2D eigenvalue weighted by atomic mass is 9.82. The molecular weight excluding hydrogens is 460 g/mol. The van der Waals surface area contributed by atoms with Crippen LogP contribution in [-0.2, 0) is 19.7 Å². The molecule has 206 valence electrons. The van der Waals surface area contributed by atoms with Crippen LogP contribution in [0.2, 0.25) is 0 Å². The molecule has 9 nitrogen and oxygen atoms in total. The van der Waals surface area contributed by atoms with Crippen LogP contribution in [0, 0.1) is 5.92 Å². The Bertz CT molecular complexity index is 629. The third-order valence-corrected chi connectivity index (χ3v) is 8.02. The van der Waals surface area contributed by atoms with Gasteiger partial charge in [0.15, 0.2) is 0 Å². The summed E-state index contributed by atoms with van der Waals surface area (Å²) in [5, 5.41) is 19.5. The van der Waals surface area contributed by atoms with Crippen LogP contribution in [0.15, 0.2) is 0 Å². The zero-order valence-electron chi connectivity index (χ0n) is 21.6. The summed E-state index contributed by atoms with van der Waals surface area (Å²) in [4.78, 5) is 24.0. The van der Waals surface area contributed by atoms with Crippen LogP contribution in [-0.4, -0.2) is 39.9 Å². The molecule has 34 heavy (non-hydrogen) atoms. The highest BCUT2D eigenvalue weighted by Crippen LogP contribution is 2.37. The fourth-order valence-corrected chi connectivity index (χ4v) is 5.61. The minimum Gasteiger partial charge on any atom is -0.481 e. The standard InChI is InChI=1S/C24H46O7S.2H3N/c1-3-5-7-9-11-13-15-17-19-21(22(25)26)24(23(27)28,32(29,30)31)20-18-16-14-12-10-8-6-4-2;;/h21H,3-20H2,1-2H3,(H,25,26)(H,27,28)(H,29,30,31);2*1H3. The number of aliphatic carboxylic acids is 2. The highest BCUT2D eigenvalue weighted by atomic mass is 32.2. The van der Waals surface area contributed by atoms with Gasteiger partial charge in [-0.2, -0.15) is 8.42 Å². The van der Waals surface area contributed by atoms with E-state index in [0.29, 0.717) is 12.8 Å². The third kappa shape index (κ3) is 13.6. The lowest BCUT2D eigenvalue weighted by Crippen LogP contribution is -2.55. The Balaban J connectivity index is -0.00000480. The number of rotatable bonds is 22.